The number of nitro benzene ring substituents is 1. The maximum absolute atomic E-state index is 12.3. The fourth-order valence-electron chi connectivity index (χ4n) is 1.15. The summed E-state index contributed by atoms with van der Waals surface area (Å²) in [4.78, 5) is 12.0. The van der Waals surface area contributed by atoms with Gasteiger partial charge in [-0.1, -0.05) is 11.2 Å². The number of benzene rings is 1. The molecule has 0 aliphatic heterocycles. The molecule has 1 aromatic carbocycles. The predicted octanol–water partition coefficient (Wildman–Crippen LogP) is 3.42. The Bertz CT molecular complexity index is 494. The highest BCUT2D eigenvalue weighted by atomic mass is 19.4. The Morgan fingerprint density at radius 3 is 2.59 bits per heavy atom. The van der Waals surface area contributed by atoms with Crippen molar-refractivity contribution in [3.8, 4) is 0 Å². The fraction of sp³-hybridized carbons (Fsp3) is 0.250. The van der Waals surface area contributed by atoms with Crippen molar-refractivity contribution in [1.29, 1.82) is 0 Å². The second-order valence-electron chi connectivity index (χ2n) is 2.99. The average molecular weight is 246 g/mol. The topological polar surface area (TPSA) is 91.9 Å². The molecule has 0 spiro atoms. The third kappa shape index (κ3) is 3.08. The lowest BCUT2D eigenvalue weighted by atomic mass is 10.1. The second kappa shape index (κ2) is 4.71. The van der Waals surface area contributed by atoms with Gasteiger partial charge in [-0.15, -0.1) is 0 Å². The summed E-state index contributed by atoms with van der Waals surface area (Å²) in [7, 11) is 0. The van der Waals surface area contributed by atoms with E-state index in [-0.39, 0.29) is 12.1 Å². The maximum Gasteiger partial charge on any atom is 0.416 e. The van der Waals surface area contributed by atoms with E-state index in [2.05, 4.69) is 10.0 Å². The average Bonchev–Trinajstić information content (AvgIpc) is 2.24. The summed E-state index contributed by atoms with van der Waals surface area (Å²) in [5, 5.41) is 13.6. The van der Waals surface area contributed by atoms with Gasteiger partial charge in [0.1, 0.15) is 0 Å². The van der Waals surface area contributed by atoms with E-state index in [1.54, 1.807) is 0 Å². The van der Waals surface area contributed by atoms with E-state index < -0.39 is 22.4 Å². The molecule has 0 aliphatic rings. The van der Waals surface area contributed by atoms with Gasteiger partial charge in [0.2, 0.25) is 0 Å². The lowest BCUT2D eigenvalue weighted by molar-refractivity contribution is -0.385. The third-order valence-electron chi connectivity index (χ3n) is 1.91. The van der Waals surface area contributed by atoms with Crippen molar-refractivity contribution in [2.24, 2.45) is 5.11 Å². The molecule has 0 atom stereocenters. The maximum atomic E-state index is 12.3. The van der Waals surface area contributed by atoms with Crippen LogP contribution in [0.4, 0.5) is 18.9 Å². The highest BCUT2D eigenvalue weighted by Crippen LogP contribution is 2.33. The standard InChI is InChI=1S/C8H5F3N4O2/c9-8(10,11)6-2-1-5(4-13-14-12)7(3-6)15(16)17/h1-3H,4H2. The largest absolute Gasteiger partial charge is 0.416 e. The molecule has 0 aromatic heterocycles. The summed E-state index contributed by atoms with van der Waals surface area (Å²) in [6.45, 7) is -0.370. The Labute approximate surface area is 92.4 Å². The van der Waals surface area contributed by atoms with Gasteiger partial charge in [0.15, 0.2) is 0 Å². The van der Waals surface area contributed by atoms with Crippen molar-refractivity contribution in [2.75, 3.05) is 0 Å². The van der Waals surface area contributed by atoms with Crippen molar-refractivity contribution in [2.45, 2.75) is 12.7 Å². The molecule has 0 radical (unpaired) electrons. The molecule has 6 nitrogen and oxygen atoms in total. The Balaban J connectivity index is 3.26. The first-order valence-electron chi connectivity index (χ1n) is 4.21. The first-order valence-corrected chi connectivity index (χ1v) is 4.21. The lowest BCUT2D eigenvalue weighted by Gasteiger charge is -2.07. The molecule has 0 N–H and O–H groups in total. The van der Waals surface area contributed by atoms with Crippen molar-refractivity contribution in [3.05, 3.63) is 49.9 Å². The number of azide groups is 1. The molecule has 0 aliphatic carbocycles. The van der Waals surface area contributed by atoms with Crippen LogP contribution in [0.2, 0.25) is 0 Å². The summed E-state index contributed by atoms with van der Waals surface area (Å²) in [5.74, 6) is 0. The van der Waals surface area contributed by atoms with Crippen LogP contribution in [-0.2, 0) is 12.7 Å². The van der Waals surface area contributed by atoms with Gasteiger partial charge in [0, 0.05) is 16.5 Å². The van der Waals surface area contributed by atoms with E-state index in [0.717, 1.165) is 6.07 Å². The monoisotopic (exact) mass is 246 g/mol. The quantitative estimate of drug-likeness (QED) is 0.268. The van der Waals surface area contributed by atoms with Crippen LogP contribution in [0.5, 0.6) is 0 Å². The van der Waals surface area contributed by atoms with Gasteiger partial charge in [-0.05, 0) is 11.6 Å². The van der Waals surface area contributed by atoms with Crippen LogP contribution in [0.3, 0.4) is 0 Å². The van der Waals surface area contributed by atoms with Gasteiger partial charge in [-0.3, -0.25) is 10.1 Å². The number of nitro groups is 1. The zero-order valence-electron chi connectivity index (χ0n) is 8.18. The minimum atomic E-state index is -4.65. The molecule has 1 aromatic rings. The van der Waals surface area contributed by atoms with Gasteiger partial charge >= 0.3 is 6.18 Å². The summed E-state index contributed by atoms with van der Waals surface area (Å²) >= 11 is 0. The molecular formula is C8H5F3N4O2. The van der Waals surface area contributed by atoms with E-state index >= 15 is 0 Å². The predicted molar refractivity (Wildman–Crippen MR) is 50.9 cm³/mol. The van der Waals surface area contributed by atoms with Gasteiger partial charge in [-0.25, -0.2) is 0 Å². The number of alkyl halides is 3. The Hall–Kier alpha value is -2.28. The minimum Gasteiger partial charge on any atom is -0.258 e. The molecule has 0 unspecified atom stereocenters. The van der Waals surface area contributed by atoms with E-state index in [4.69, 9.17) is 5.53 Å². The van der Waals surface area contributed by atoms with Crippen molar-refractivity contribution in [1.82, 2.24) is 0 Å². The summed E-state index contributed by atoms with van der Waals surface area (Å²) in [6, 6.07) is 2.05. The van der Waals surface area contributed by atoms with Crippen LogP contribution in [0.25, 0.3) is 10.4 Å². The normalized spacial score (nSPS) is 10.8. The van der Waals surface area contributed by atoms with E-state index in [9.17, 15) is 23.3 Å². The zero-order valence-corrected chi connectivity index (χ0v) is 8.18. The van der Waals surface area contributed by atoms with E-state index in [0.29, 0.717) is 12.1 Å². The Kier molecular flexibility index (Phi) is 3.54. The Morgan fingerprint density at radius 2 is 2.12 bits per heavy atom. The van der Waals surface area contributed by atoms with Crippen molar-refractivity contribution < 1.29 is 18.1 Å². The van der Waals surface area contributed by atoms with Crippen LogP contribution in [0.15, 0.2) is 23.3 Å². The number of nitrogens with zero attached hydrogens (tertiary/aromatic N) is 4. The Morgan fingerprint density at radius 1 is 1.47 bits per heavy atom. The first kappa shape index (κ1) is 12.8. The molecule has 0 saturated carbocycles. The number of hydrogen-bond acceptors (Lipinski definition) is 3. The van der Waals surface area contributed by atoms with Crippen LogP contribution in [0.1, 0.15) is 11.1 Å². The molecule has 1 rings (SSSR count). The molecule has 17 heavy (non-hydrogen) atoms. The highest BCUT2D eigenvalue weighted by molar-refractivity contribution is 5.44. The van der Waals surface area contributed by atoms with Crippen LogP contribution < -0.4 is 0 Å². The van der Waals surface area contributed by atoms with Crippen molar-refractivity contribution in [3.63, 3.8) is 0 Å². The minimum absolute atomic E-state index is 0.0687. The van der Waals surface area contributed by atoms with E-state index in [1.807, 2.05) is 0 Å². The fourth-order valence-corrected chi connectivity index (χ4v) is 1.15. The zero-order chi connectivity index (χ0) is 13.1. The molecule has 0 bridgehead atoms. The van der Waals surface area contributed by atoms with Crippen LogP contribution in [-0.4, -0.2) is 4.92 Å². The molecule has 0 amide bonds. The number of rotatable bonds is 3. The smallest absolute Gasteiger partial charge is 0.258 e. The lowest BCUT2D eigenvalue weighted by Crippen LogP contribution is -2.06. The molecule has 0 heterocycles. The van der Waals surface area contributed by atoms with Gasteiger partial charge in [-0.2, -0.15) is 13.2 Å². The molecule has 9 heteroatoms. The molecular weight excluding hydrogens is 241 g/mol. The molecule has 0 fully saturated rings. The summed E-state index contributed by atoms with van der Waals surface area (Å²) < 4.78 is 36.9. The third-order valence-corrected chi connectivity index (χ3v) is 1.91. The van der Waals surface area contributed by atoms with Gasteiger partial charge in [0.05, 0.1) is 17.0 Å². The van der Waals surface area contributed by atoms with Crippen LogP contribution in [0, 0.1) is 10.1 Å². The van der Waals surface area contributed by atoms with E-state index in [1.165, 1.54) is 0 Å². The summed E-state index contributed by atoms with van der Waals surface area (Å²) in [6.07, 6.45) is -4.65. The number of hydrogen-bond donors (Lipinski definition) is 0. The van der Waals surface area contributed by atoms with Crippen molar-refractivity contribution >= 4 is 5.69 Å². The number of halogens is 3. The highest BCUT2D eigenvalue weighted by Gasteiger charge is 2.32. The van der Waals surface area contributed by atoms with Gasteiger partial charge in [0.25, 0.3) is 5.69 Å². The first-order chi connectivity index (χ1) is 7.86. The summed E-state index contributed by atoms with van der Waals surface area (Å²) in [5.41, 5.74) is 6.15. The molecule has 0 saturated heterocycles. The molecule has 90 valence electrons. The SMILES string of the molecule is [N-]=[N+]=NCc1ccc(C(F)(F)F)cc1[N+](=O)[O-]. The van der Waals surface area contributed by atoms with Gasteiger partial charge < -0.3 is 0 Å². The van der Waals surface area contributed by atoms with Crippen LogP contribution >= 0.6 is 0 Å². The second-order valence-corrected chi connectivity index (χ2v) is 2.99.